The van der Waals surface area contributed by atoms with Gasteiger partial charge in [-0.1, -0.05) is 0 Å². The van der Waals surface area contributed by atoms with E-state index in [-0.39, 0.29) is 5.56 Å². The molecule has 10 atom stereocenters. The second-order valence-corrected chi connectivity index (χ2v) is 17.6. The van der Waals surface area contributed by atoms with Gasteiger partial charge in [0.05, 0.1) is 29.4 Å². The van der Waals surface area contributed by atoms with Crippen LogP contribution in [0.1, 0.15) is 63.5 Å². The molecule has 5 aromatic carbocycles. The molecule has 4 heterocycles. The second kappa shape index (κ2) is 20.0. The van der Waals surface area contributed by atoms with Gasteiger partial charge in [-0.3, -0.25) is 0 Å². The summed E-state index contributed by atoms with van der Waals surface area (Å²) in [6.45, 7) is -2.21. The van der Waals surface area contributed by atoms with Gasteiger partial charge in [-0.2, -0.15) is 0 Å². The van der Waals surface area contributed by atoms with Crippen molar-refractivity contribution in [2.45, 2.75) is 61.2 Å². The zero-order valence-corrected chi connectivity index (χ0v) is 39.5. The lowest BCUT2D eigenvalue weighted by Crippen LogP contribution is -2.61. The first kappa shape index (κ1) is 54.0. The number of ether oxygens (including phenoxy) is 9. The van der Waals surface area contributed by atoms with Crippen LogP contribution in [0.15, 0.2) is 36.4 Å². The van der Waals surface area contributed by atoms with Crippen molar-refractivity contribution in [2.75, 3.05) is 20.3 Å². The third-order valence-electron chi connectivity index (χ3n) is 12.9. The Hall–Kier alpha value is -9.79. The average Bonchev–Trinajstić information content (AvgIpc) is 3.43. The van der Waals surface area contributed by atoms with Crippen molar-refractivity contribution < 1.29 is 153 Å². The predicted octanol–water partition coefficient (Wildman–Crippen LogP) is -0.115. The summed E-state index contributed by atoms with van der Waals surface area (Å²) in [5.74, 6) is -27.2. The lowest BCUT2D eigenvalue weighted by atomic mass is 9.86. The Morgan fingerprint density at radius 2 is 1.11 bits per heavy atom. The van der Waals surface area contributed by atoms with Crippen LogP contribution in [0.5, 0.6) is 92.0 Å². The van der Waals surface area contributed by atoms with E-state index in [0.29, 0.717) is 30.3 Å². The molecule has 0 aromatic heterocycles. The van der Waals surface area contributed by atoms with E-state index < -0.39 is 235 Å². The van der Waals surface area contributed by atoms with Gasteiger partial charge in [0, 0.05) is 28.8 Å². The molecular formula is C48H40O31. The van der Waals surface area contributed by atoms with Crippen LogP contribution in [-0.4, -0.2) is 192 Å². The molecule has 2 saturated heterocycles. The minimum atomic E-state index is -2.46. The molecule has 31 heteroatoms. The van der Waals surface area contributed by atoms with Crippen LogP contribution in [0, 0.1) is 0 Å². The third kappa shape index (κ3) is 9.01. The number of benzene rings is 5. The van der Waals surface area contributed by atoms with Crippen LogP contribution in [0.25, 0.3) is 11.1 Å². The number of hydrogen-bond acceptors (Lipinski definition) is 31. The van der Waals surface area contributed by atoms with Crippen molar-refractivity contribution in [1.82, 2.24) is 0 Å². The molecule has 0 saturated carbocycles. The topological polar surface area (TPSA) is 512 Å². The number of cyclic esters (lactones) is 1. The number of fused-ring (bicyclic) bond motifs is 8. The normalized spacial score (nSPS) is 24.3. The maximum absolute atomic E-state index is 14.5. The largest absolute Gasteiger partial charge is 0.504 e. The highest BCUT2D eigenvalue weighted by Gasteiger charge is 2.53. The highest BCUT2D eigenvalue weighted by Crippen LogP contribution is 2.56. The van der Waals surface area contributed by atoms with Gasteiger partial charge in [-0.15, -0.1) is 0 Å². The molecule has 0 amide bonds. The number of rotatable bonds is 8. The Kier molecular flexibility index (Phi) is 13.7. The van der Waals surface area contributed by atoms with E-state index in [9.17, 15) is 111 Å². The first-order valence-corrected chi connectivity index (χ1v) is 22.5. The minimum absolute atomic E-state index is 0.370. The molecular weight excluding hydrogens is 1070 g/mol. The number of aliphatic hydroxyl groups excluding tert-OH is 4. The van der Waals surface area contributed by atoms with E-state index in [1.54, 1.807) is 0 Å². The molecule has 0 radical (unpaired) electrons. The van der Waals surface area contributed by atoms with Crippen LogP contribution >= 0.6 is 0 Å². The Balaban J connectivity index is 1.08. The van der Waals surface area contributed by atoms with Gasteiger partial charge < -0.3 is 129 Å². The molecule has 17 N–H and O–H groups in total. The zero-order chi connectivity index (χ0) is 57.5. The summed E-state index contributed by atoms with van der Waals surface area (Å²) in [5.41, 5.74) is -7.22. The SMILES string of the molecule is COc1c(O)cc2c(c1O)C1OC(COC(=O)c3cc(O)c(O)c(O)c3Oc3cc4c(c(O)c3O)-c3c(cc(O)c(O)c3O)C(=O)OCC3OC(OC(=O)c5cc(O)c(O)c(O)c5)C(O)C(OC4=O)C3O)C(O)C(O)C1OC2=O. The summed E-state index contributed by atoms with van der Waals surface area (Å²) in [4.78, 5) is 68.3. The monoisotopic (exact) mass is 1110 g/mol. The summed E-state index contributed by atoms with van der Waals surface area (Å²) >= 11 is 0. The van der Waals surface area contributed by atoms with E-state index in [4.69, 9.17) is 42.6 Å². The van der Waals surface area contributed by atoms with E-state index in [1.165, 1.54) is 0 Å². The molecule has 0 spiro atoms. The number of phenols is 13. The first-order valence-electron chi connectivity index (χ1n) is 22.5. The Morgan fingerprint density at radius 1 is 0.544 bits per heavy atom. The predicted molar refractivity (Wildman–Crippen MR) is 244 cm³/mol. The molecule has 31 nitrogen and oxygen atoms in total. The van der Waals surface area contributed by atoms with Crippen molar-refractivity contribution in [3.05, 3.63) is 69.8 Å². The number of aliphatic hydroxyl groups is 4. The maximum atomic E-state index is 14.5. The van der Waals surface area contributed by atoms with Crippen molar-refractivity contribution in [1.29, 1.82) is 0 Å². The maximum Gasteiger partial charge on any atom is 0.342 e. The zero-order valence-electron chi connectivity index (χ0n) is 39.5. The first-order chi connectivity index (χ1) is 37.2. The molecule has 5 aromatic rings. The van der Waals surface area contributed by atoms with Crippen molar-refractivity contribution in [2.24, 2.45) is 0 Å². The number of carbonyl (C=O) groups is 5. The van der Waals surface area contributed by atoms with Gasteiger partial charge in [-0.25, -0.2) is 24.0 Å². The van der Waals surface area contributed by atoms with Crippen LogP contribution in [-0.2, 0) is 33.2 Å². The molecule has 2 bridgehead atoms. The molecule has 79 heavy (non-hydrogen) atoms. The number of esters is 5. The molecule has 418 valence electrons. The molecule has 4 aliphatic heterocycles. The fourth-order valence-corrected chi connectivity index (χ4v) is 8.94. The summed E-state index contributed by atoms with van der Waals surface area (Å²) in [6.07, 6.45) is -20.6. The summed E-state index contributed by atoms with van der Waals surface area (Å²) in [5, 5.41) is 184. The van der Waals surface area contributed by atoms with E-state index in [1.807, 2.05) is 0 Å². The van der Waals surface area contributed by atoms with Gasteiger partial charge in [0.1, 0.15) is 55.4 Å². The van der Waals surface area contributed by atoms with E-state index in [2.05, 4.69) is 0 Å². The van der Waals surface area contributed by atoms with E-state index in [0.717, 1.165) is 13.2 Å². The number of hydrogen-bond donors (Lipinski definition) is 17. The third-order valence-corrected chi connectivity index (χ3v) is 12.9. The van der Waals surface area contributed by atoms with Crippen LogP contribution in [0.3, 0.4) is 0 Å². The molecule has 0 aliphatic carbocycles. The molecule has 2 fully saturated rings. The number of methoxy groups -OCH3 is 1. The molecule has 9 rings (SSSR count). The van der Waals surface area contributed by atoms with Gasteiger partial charge in [-0.05, 0) is 24.3 Å². The Labute approximate surface area is 437 Å². The Bertz CT molecular complexity index is 3380. The van der Waals surface area contributed by atoms with Gasteiger partial charge >= 0.3 is 29.8 Å². The quantitative estimate of drug-likeness (QED) is 0.0547. The summed E-state index contributed by atoms with van der Waals surface area (Å²) in [6, 6.07) is 3.30. The number of carbonyl (C=O) groups excluding carboxylic acids is 5. The van der Waals surface area contributed by atoms with Crippen molar-refractivity contribution in [3.63, 3.8) is 0 Å². The van der Waals surface area contributed by atoms with E-state index >= 15 is 0 Å². The lowest BCUT2D eigenvalue weighted by Gasteiger charge is -2.44. The molecule has 4 aliphatic rings. The average molecular weight is 1110 g/mol. The van der Waals surface area contributed by atoms with Gasteiger partial charge in [0.2, 0.25) is 35.0 Å². The molecule has 10 unspecified atom stereocenters. The fourth-order valence-electron chi connectivity index (χ4n) is 8.94. The Morgan fingerprint density at radius 3 is 1.77 bits per heavy atom. The standard InChI is InChI=1S/C48H40O31/c1-71-39-19(53)5-12-25(34(39)62)40-42(78-46(12)69)36(64)30(58)21(75-40)8-73-45(68)14-6-18(52)28(56)35(63)38(14)74-20-7-13-24(33(61)29(20)57)23-11(4-17(51)27(55)32(23)60)44(67)72-9-22-31(59)41(77-47(13)70)37(65)48(76-22)79-43(66)10-2-15(49)26(54)16(50)3-10/h2-7,21-22,30-31,36-37,40-42,48-65H,8-9H2,1H3. The highest BCUT2D eigenvalue weighted by atomic mass is 16.7. The van der Waals surface area contributed by atoms with Crippen molar-refractivity contribution in [3.8, 4) is 103 Å². The van der Waals surface area contributed by atoms with Gasteiger partial charge in [0.25, 0.3) is 0 Å². The number of aromatic hydroxyl groups is 13. The second-order valence-electron chi connectivity index (χ2n) is 17.6. The van der Waals surface area contributed by atoms with Crippen molar-refractivity contribution >= 4 is 29.8 Å². The lowest BCUT2D eigenvalue weighted by molar-refractivity contribution is -0.284. The minimum Gasteiger partial charge on any atom is -0.504 e. The highest BCUT2D eigenvalue weighted by molar-refractivity contribution is 6.08. The smallest absolute Gasteiger partial charge is 0.342 e. The summed E-state index contributed by atoms with van der Waals surface area (Å²) < 4.78 is 48.2. The van der Waals surface area contributed by atoms with Gasteiger partial charge in [0.15, 0.2) is 81.6 Å². The van der Waals surface area contributed by atoms with Crippen LogP contribution < -0.4 is 9.47 Å². The van der Waals surface area contributed by atoms with Crippen LogP contribution in [0.4, 0.5) is 0 Å². The summed E-state index contributed by atoms with van der Waals surface area (Å²) in [7, 11) is 1.06. The fraction of sp³-hybridized carbons (Fsp3) is 0.271. The number of phenolic OH excluding ortho intramolecular Hbond substituents is 13. The van der Waals surface area contributed by atoms with Crippen LogP contribution in [0.2, 0.25) is 0 Å².